The van der Waals surface area contributed by atoms with E-state index < -0.39 is 22.8 Å². The summed E-state index contributed by atoms with van der Waals surface area (Å²) in [5, 5.41) is 14.5. The number of ether oxygens (including phenoxy) is 3. The summed E-state index contributed by atoms with van der Waals surface area (Å²) in [6, 6.07) is 9.59. The van der Waals surface area contributed by atoms with Crippen molar-refractivity contribution in [3.63, 3.8) is 0 Å². The number of allylic oxidation sites excluding steroid dienone is 1. The summed E-state index contributed by atoms with van der Waals surface area (Å²) in [6.07, 6.45) is 4.04. The zero-order valence-corrected chi connectivity index (χ0v) is 19.8. The molecule has 1 atom stereocenters. The summed E-state index contributed by atoms with van der Waals surface area (Å²) in [6.45, 7) is 3.87. The predicted molar refractivity (Wildman–Crippen MR) is 126 cm³/mol. The fraction of sp³-hybridized carbons (Fsp3) is 0.320. The van der Waals surface area contributed by atoms with Crippen molar-refractivity contribution in [3.05, 3.63) is 92.6 Å². The maximum atomic E-state index is 13.1. The molecular formula is C25H27N3O7. The highest BCUT2D eigenvalue weighted by Crippen LogP contribution is 2.40. The third-order valence-electron chi connectivity index (χ3n) is 5.49. The molecular weight excluding hydrogens is 454 g/mol. The van der Waals surface area contributed by atoms with Crippen LogP contribution in [0.4, 0.5) is 5.69 Å². The molecule has 2 aromatic rings. The molecule has 0 saturated heterocycles. The molecule has 0 saturated carbocycles. The molecule has 35 heavy (non-hydrogen) atoms. The third-order valence-corrected chi connectivity index (χ3v) is 5.49. The van der Waals surface area contributed by atoms with E-state index in [9.17, 15) is 19.7 Å². The summed E-state index contributed by atoms with van der Waals surface area (Å²) in [5.74, 6) is -2.26. The maximum absolute atomic E-state index is 13.1. The van der Waals surface area contributed by atoms with Gasteiger partial charge >= 0.3 is 11.9 Å². The second-order valence-corrected chi connectivity index (χ2v) is 7.71. The van der Waals surface area contributed by atoms with E-state index in [0.29, 0.717) is 30.0 Å². The number of carbonyl (C=O) groups excluding carboxylic acids is 2. The summed E-state index contributed by atoms with van der Waals surface area (Å²) >= 11 is 0. The first-order chi connectivity index (χ1) is 16.9. The Morgan fingerprint density at radius 2 is 1.89 bits per heavy atom. The number of esters is 2. The minimum atomic E-state index is -0.943. The van der Waals surface area contributed by atoms with E-state index in [-0.39, 0.29) is 30.0 Å². The third kappa shape index (κ3) is 6.10. The molecule has 2 heterocycles. The van der Waals surface area contributed by atoms with Gasteiger partial charge in [-0.05, 0) is 43.5 Å². The number of nitro benzene ring substituents is 1. The van der Waals surface area contributed by atoms with Crippen LogP contribution in [0.1, 0.15) is 30.9 Å². The highest BCUT2D eigenvalue weighted by atomic mass is 16.6. The number of non-ortho nitro benzene ring substituents is 1. The summed E-state index contributed by atoms with van der Waals surface area (Å²) in [5.41, 5.74) is 2.45. The van der Waals surface area contributed by atoms with Gasteiger partial charge in [-0.25, -0.2) is 9.59 Å². The molecule has 1 aliphatic rings. The number of benzene rings is 1. The van der Waals surface area contributed by atoms with Gasteiger partial charge in [-0.2, -0.15) is 0 Å². The fourth-order valence-electron chi connectivity index (χ4n) is 3.91. The number of aromatic nitrogens is 1. The second-order valence-electron chi connectivity index (χ2n) is 7.71. The SMILES string of the molecule is CCOC(=O)C1=C(COCCc2ccncc2)NC(C)=C(C(=O)OC)C1c1cccc([N+](=O)[O-])c1. The standard InChI is InChI=1S/C25H27N3O7/c1-4-35-25(30)23-20(15-34-13-10-17-8-11-26-12-9-17)27-16(2)21(24(29)33-3)22(23)18-6-5-7-19(14-18)28(31)32/h5-9,11-12,14,22,27H,4,10,13,15H2,1-3H3. The number of dihydropyridines is 1. The average molecular weight is 482 g/mol. The molecule has 0 amide bonds. The maximum Gasteiger partial charge on any atom is 0.336 e. The Labute approximate surface area is 202 Å². The first kappa shape index (κ1) is 25.6. The summed E-state index contributed by atoms with van der Waals surface area (Å²) in [4.78, 5) is 40.8. The number of methoxy groups -OCH3 is 1. The first-order valence-electron chi connectivity index (χ1n) is 11.0. The van der Waals surface area contributed by atoms with Gasteiger partial charge in [0.25, 0.3) is 5.69 Å². The van der Waals surface area contributed by atoms with E-state index >= 15 is 0 Å². The highest BCUT2D eigenvalue weighted by Gasteiger charge is 2.39. The molecule has 0 radical (unpaired) electrons. The van der Waals surface area contributed by atoms with Gasteiger partial charge in [0, 0.05) is 30.2 Å². The molecule has 184 valence electrons. The molecule has 0 aliphatic carbocycles. The van der Waals surface area contributed by atoms with Gasteiger partial charge in [0.1, 0.15) is 0 Å². The van der Waals surface area contributed by atoms with Crippen LogP contribution < -0.4 is 5.32 Å². The van der Waals surface area contributed by atoms with Gasteiger partial charge in [-0.15, -0.1) is 0 Å². The van der Waals surface area contributed by atoms with Crippen LogP contribution in [0.15, 0.2) is 71.3 Å². The Kier molecular flexibility index (Phi) is 8.69. The molecule has 10 nitrogen and oxygen atoms in total. The van der Waals surface area contributed by atoms with E-state index in [0.717, 1.165) is 5.56 Å². The number of nitrogens with one attached hydrogen (secondary N) is 1. The van der Waals surface area contributed by atoms with Crippen molar-refractivity contribution in [1.82, 2.24) is 10.3 Å². The molecule has 0 fully saturated rings. The fourth-order valence-corrected chi connectivity index (χ4v) is 3.91. The van der Waals surface area contributed by atoms with Gasteiger partial charge < -0.3 is 19.5 Å². The van der Waals surface area contributed by atoms with E-state index in [2.05, 4.69) is 10.3 Å². The van der Waals surface area contributed by atoms with Crippen LogP contribution >= 0.6 is 0 Å². The summed E-state index contributed by atoms with van der Waals surface area (Å²) in [7, 11) is 1.23. The number of hydrogen-bond acceptors (Lipinski definition) is 9. The van der Waals surface area contributed by atoms with Gasteiger partial charge in [0.2, 0.25) is 0 Å². The van der Waals surface area contributed by atoms with Crippen molar-refractivity contribution < 1.29 is 28.7 Å². The average Bonchev–Trinajstić information content (AvgIpc) is 2.86. The van der Waals surface area contributed by atoms with E-state index in [1.807, 2.05) is 12.1 Å². The molecule has 1 aliphatic heterocycles. The molecule has 1 unspecified atom stereocenters. The minimum Gasteiger partial charge on any atom is -0.466 e. The molecule has 0 spiro atoms. The van der Waals surface area contributed by atoms with E-state index in [4.69, 9.17) is 14.2 Å². The number of nitro groups is 1. The predicted octanol–water partition coefficient (Wildman–Crippen LogP) is 3.20. The number of carbonyl (C=O) groups is 2. The molecule has 3 rings (SSSR count). The van der Waals surface area contributed by atoms with Crippen molar-refractivity contribution in [2.24, 2.45) is 0 Å². The van der Waals surface area contributed by atoms with Crippen LogP contribution in [0, 0.1) is 10.1 Å². The first-order valence-corrected chi connectivity index (χ1v) is 11.0. The number of rotatable bonds is 10. The van der Waals surface area contributed by atoms with Crippen LogP contribution in [0.25, 0.3) is 0 Å². The Balaban J connectivity index is 2.01. The molecule has 0 bridgehead atoms. The van der Waals surface area contributed by atoms with Crippen molar-refractivity contribution >= 4 is 17.6 Å². The number of hydrogen-bond donors (Lipinski definition) is 1. The lowest BCUT2D eigenvalue weighted by atomic mass is 9.80. The molecule has 10 heteroatoms. The lowest BCUT2D eigenvalue weighted by molar-refractivity contribution is -0.384. The highest BCUT2D eigenvalue weighted by molar-refractivity contribution is 6.00. The van der Waals surface area contributed by atoms with Crippen LogP contribution in [0.5, 0.6) is 0 Å². The van der Waals surface area contributed by atoms with Crippen molar-refractivity contribution in [2.75, 3.05) is 26.9 Å². The lowest BCUT2D eigenvalue weighted by Crippen LogP contribution is -2.34. The zero-order chi connectivity index (χ0) is 25.4. The number of nitrogens with zero attached hydrogens (tertiary/aromatic N) is 2. The molecule has 1 N–H and O–H groups in total. The van der Waals surface area contributed by atoms with E-state index in [1.165, 1.54) is 25.3 Å². The van der Waals surface area contributed by atoms with Crippen molar-refractivity contribution in [3.8, 4) is 0 Å². The Hall–Kier alpha value is -4.05. The van der Waals surface area contributed by atoms with Gasteiger partial charge in [0.15, 0.2) is 0 Å². The Morgan fingerprint density at radius 1 is 1.14 bits per heavy atom. The monoisotopic (exact) mass is 481 g/mol. The van der Waals surface area contributed by atoms with Crippen molar-refractivity contribution in [2.45, 2.75) is 26.2 Å². The largest absolute Gasteiger partial charge is 0.466 e. The Morgan fingerprint density at radius 3 is 2.54 bits per heavy atom. The Bertz CT molecular complexity index is 1160. The summed E-state index contributed by atoms with van der Waals surface area (Å²) < 4.78 is 16.1. The van der Waals surface area contributed by atoms with E-state index in [1.54, 1.807) is 32.3 Å². The quantitative estimate of drug-likeness (QED) is 0.235. The minimum absolute atomic E-state index is 0.0381. The topological polar surface area (TPSA) is 130 Å². The van der Waals surface area contributed by atoms with Crippen LogP contribution in [-0.2, 0) is 30.2 Å². The van der Waals surface area contributed by atoms with Gasteiger partial charge in [0.05, 0.1) is 54.6 Å². The molecule has 1 aromatic carbocycles. The van der Waals surface area contributed by atoms with Crippen molar-refractivity contribution in [1.29, 1.82) is 0 Å². The normalized spacial score (nSPS) is 15.5. The van der Waals surface area contributed by atoms with Gasteiger partial charge in [-0.1, -0.05) is 12.1 Å². The van der Waals surface area contributed by atoms with Crippen LogP contribution in [-0.4, -0.2) is 48.8 Å². The van der Waals surface area contributed by atoms with Crippen LogP contribution in [0.3, 0.4) is 0 Å². The number of pyridine rings is 1. The van der Waals surface area contributed by atoms with Crippen LogP contribution in [0.2, 0.25) is 0 Å². The lowest BCUT2D eigenvalue weighted by Gasteiger charge is -2.31. The van der Waals surface area contributed by atoms with Gasteiger partial charge in [-0.3, -0.25) is 15.1 Å². The zero-order valence-electron chi connectivity index (χ0n) is 19.8. The smallest absolute Gasteiger partial charge is 0.336 e. The molecule has 1 aromatic heterocycles. The second kappa shape index (κ2) is 11.9.